The Morgan fingerprint density at radius 2 is 1.80 bits per heavy atom. The van der Waals surface area contributed by atoms with Crippen LogP contribution in [0.25, 0.3) is 22.3 Å². The lowest BCUT2D eigenvalue weighted by Crippen LogP contribution is -2.37. The van der Waals surface area contributed by atoms with E-state index in [9.17, 15) is 8.78 Å². The normalized spacial score (nSPS) is 15.7. The van der Waals surface area contributed by atoms with Crippen molar-refractivity contribution in [2.45, 2.75) is 52.5 Å². The van der Waals surface area contributed by atoms with Gasteiger partial charge in [-0.1, -0.05) is 13.0 Å². The summed E-state index contributed by atoms with van der Waals surface area (Å²) in [6.07, 6.45) is 5.28. The van der Waals surface area contributed by atoms with E-state index in [1.807, 2.05) is 37.6 Å². The fourth-order valence-corrected chi connectivity index (χ4v) is 5.72. The number of nitrogens with zero attached hydrogens (tertiary/aromatic N) is 6. The topological polar surface area (TPSA) is 81.0 Å². The van der Waals surface area contributed by atoms with Crippen LogP contribution in [0.3, 0.4) is 0 Å². The number of rotatable bonds is 9. The van der Waals surface area contributed by atoms with Crippen LogP contribution in [-0.2, 0) is 4.74 Å². The number of anilines is 2. The van der Waals surface area contributed by atoms with Gasteiger partial charge in [-0.2, -0.15) is 0 Å². The molecule has 0 unspecified atom stereocenters. The largest absolute Gasteiger partial charge is 0.383 e. The standard InChI is InChI=1S/C30H37F2N7O/c1-18(2)39-20(4)35-29-24(31)14-23(15-26(29)39)28-25(32)17-34-30(37-28)36-27-7-6-22(16-33-27)19(3)21-8-10-38(11-9-21)12-13-40-5/h6-7,14-19,21H,8-13H2,1-5H3,(H,33,34,36,37)/t19-/m1/s1. The molecular weight excluding hydrogens is 512 g/mol. The maximum Gasteiger partial charge on any atom is 0.229 e. The summed E-state index contributed by atoms with van der Waals surface area (Å²) in [5.74, 6) is 1.28. The number of hydrogen-bond donors (Lipinski definition) is 1. The Balaban J connectivity index is 1.31. The SMILES string of the molecule is COCCN1CCC([C@@H](C)c2ccc(Nc3ncc(F)c(-c4cc(F)c5nc(C)n(C(C)C)c5c4)n3)nc2)CC1. The van der Waals surface area contributed by atoms with Crippen LogP contribution in [-0.4, -0.2) is 62.8 Å². The highest BCUT2D eigenvalue weighted by molar-refractivity contribution is 5.83. The summed E-state index contributed by atoms with van der Waals surface area (Å²) in [5.41, 5.74) is 2.37. The van der Waals surface area contributed by atoms with E-state index in [4.69, 9.17) is 4.74 Å². The molecule has 4 aromatic rings. The molecule has 10 heteroatoms. The summed E-state index contributed by atoms with van der Waals surface area (Å²) in [6, 6.07) is 7.02. The molecule has 3 aromatic heterocycles. The molecule has 1 aliphatic heterocycles. The molecule has 1 fully saturated rings. The minimum atomic E-state index is -0.637. The molecule has 0 aliphatic carbocycles. The molecule has 40 heavy (non-hydrogen) atoms. The number of methoxy groups -OCH3 is 1. The van der Waals surface area contributed by atoms with E-state index in [-0.39, 0.29) is 23.2 Å². The summed E-state index contributed by atoms with van der Waals surface area (Å²) in [5, 5.41) is 3.07. The predicted molar refractivity (Wildman–Crippen MR) is 153 cm³/mol. The van der Waals surface area contributed by atoms with Crippen LogP contribution >= 0.6 is 0 Å². The van der Waals surface area contributed by atoms with Gasteiger partial charge >= 0.3 is 0 Å². The van der Waals surface area contributed by atoms with Crippen molar-refractivity contribution in [3.8, 4) is 11.3 Å². The second-order valence-corrected chi connectivity index (χ2v) is 10.9. The molecular formula is C30H37F2N7O. The van der Waals surface area contributed by atoms with Crippen molar-refractivity contribution in [1.29, 1.82) is 0 Å². The first-order valence-corrected chi connectivity index (χ1v) is 13.9. The number of piperidine rings is 1. The summed E-state index contributed by atoms with van der Waals surface area (Å²) in [6.45, 7) is 12.0. The van der Waals surface area contributed by atoms with E-state index < -0.39 is 11.6 Å². The van der Waals surface area contributed by atoms with Gasteiger partial charge in [0.05, 0.1) is 18.3 Å². The van der Waals surface area contributed by atoms with Gasteiger partial charge in [-0.3, -0.25) is 0 Å². The minimum Gasteiger partial charge on any atom is -0.383 e. The highest BCUT2D eigenvalue weighted by Gasteiger charge is 2.25. The van der Waals surface area contributed by atoms with Crippen molar-refractivity contribution >= 4 is 22.8 Å². The number of aryl methyl sites for hydroxylation is 1. The highest BCUT2D eigenvalue weighted by Crippen LogP contribution is 2.33. The van der Waals surface area contributed by atoms with Gasteiger partial charge in [-0.25, -0.2) is 28.7 Å². The van der Waals surface area contributed by atoms with Gasteiger partial charge in [0.2, 0.25) is 5.95 Å². The smallest absolute Gasteiger partial charge is 0.229 e. The number of benzene rings is 1. The zero-order valence-corrected chi connectivity index (χ0v) is 23.8. The average molecular weight is 550 g/mol. The molecule has 0 amide bonds. The molecule has 8 nitrogen and oxygen atoms in total. The van der Waals surface area contributed by atoms with Crippen LogP contribution in [0, 0.1) is 24.5 Å². The van der Waals surface area contributed by atoms with Crippen LogP contribution in [0.2, 0.25) is 0 Å². The maximum atomic E-state index is 15.0. The molecule has 0 bridgehead atoms. The number of nitrogens with one attached hydrogen (secondary N) is 1. The fourth-order valence-electron chi connectivity index (χ4n) is 5.72. The molecule has 1 atom stereocenters. The Labute approximate surface area is 233 Å². The van der Waals surface area contributed by atoms with Gasteiger partial charge in [-0.05, 0) is 82.3 Å². The molecule has 212 valence electrons. The monoisotopic (exact) mass is 549 g/mol. The van der Waals surface area contributed by atoms with Crippen molar-refractivity contribution < 1.29 is 13.5 Å². The average Bonchev–Trinajstić information content (AvgIpc) is 3.30. The van der Waals surface area contributed by atoms with E-state index >= 15 is 0 Å². The number of halogens is 2. The first-order valence-electron chi connectivity index (χ1n) is 13.9. The number of fused-ring (bicyclic) bond motifs is 1. The third kappa shape index (κ3) is 5.83. The fraction of sp³-hybridized carbons (Fsp3) is 0.467. The highest BCUT2D eigenvalue weighted by atomic mass is 19.1. The molecule has 5 rings (SSSR count). The van der Waals surface area contributed by atoms with Gasteiger partial charge in [-0.15, -0.1) is 0 Å². The third-order valence-electron chi connectivity index (χ3n) is 7.96. The molecule has 4 heterocycles. The lowest BCUT2D eigenvalue weighted by Gasteiger charge is -2.34. The molecule has 0 radical (unpaired) electrons. The minimum absolute atomic E-state index is 0.00884. The Morgan fingerprint density at radius 3 is 2.48 bits per heavy atom. The summed E-state index contributed by atoms with van der Waals surface area (Å²) >= 11 is 0. The number of aromatic nitrogens is 5. The first-order chi connectivity index (χ1) is 19.2. The molecule has 0 spiro atoms. The van der Waals surface area contributed by atoms with Gasteiger partial charge in [0.15, 0.2) is 11.6 Å². The third-order valence-corrected chi connectivity index (χ3v) is 7.96. The van der Waals surface area contributed by atoms with Crippen LogP contribution in [0.1, 0.15) is 57.0 Å². The molecule has 0 saturated carbocycles. The number of pyridine rings is 1. The van der Waals surface area contributed by atoms with E-state index in [1.54, 1.807) is 13.2 Å². The summed E-state index contributed by atoms with van der Waals surface area (Å²) < 4.78 is 37.0. The van der Waals surface area contributed by atoms with E-state index in [0.717, 1.165) is 45.3 Å². The van der Waals surface area contributed by atoms with Crippen LogP contribution in [0.15, 0.2) is 36.7 Å². The van der Waals surface area contributed by atoms with Gasteiger partial charge in [0.25, 0.3) is 0 Å². The molecule has 1 N–H and O–H groups in total. The van der Waals surface area contributed by atoms with Crippen molar-refractivity contribution in [3.05, 3.63) is 59.7 Å². The predicted octanol–water partition coefficient (Wildman–Crippen LogP) is 6.26. The number of imidazole rings is 1. The Hall–Kier alpha value is -3.50. The Morgan fingerprint density at radius 1 is 1.02 bits per heavy atom. The lowest BCUT2D eigenvalue weighted by molar-refractivity contribution is 0.115. The maximum absolute atomic E-state index is 15.0. The van der Waals surface area contributed by atoms with Gasteiger partial charge in [0, 0.05) is 31.5 Å². The number of hydrogen-bond acceptors (Lipinski definition) is 7. The Kier molecular flexibility index (Phi) is 8.37. The number of likely N-dealkylation sites (tertiary alicyclic amines) is 1. The first kappa shape index (κ1) is 28.0. The van der Waals surface area contributed by atoms with Crippen molar-refractivity contribution in [2.24, 2.45) is 5.92 Å². The quantitative estimate of drug-likeness (QED) is 0.264. The second kappa shape index (κ2) is 11.9. The van der Waals surface area contributed by atoms with Crippen LogP contribution in [0.5, 0.6) is 0 Å². The van der Waals surface area contributed by atoms with Crippen LogP contribution < -0.4 is 5.32 Å². The van der Waals surface area contributed by atoms with Crippen LogP contribution in [0.4, 0.5) is 20.5 Å². The van der Waals surface area contributed by atoms with Crippen molar-refractivity contribution in [3.63, 3.8) is 0 Å². The molecule has 1 saturated heterocycles. The van der Waals surface area contributed by atoms with Crippen molar-refractivity contribution in [1.82, 2.24) is 29.4 Å². The Bertz CT molecular complexity index is 1460. The summed E-state index contributed by atoms with van der Waals surface area (Å²) in [7, 11) is 1.74. The van der Waals surface area contributed by atoms with Gasteiger partial charge in [0.1, 0.15) is 22.9 Å². The summed E-state index contributed by atoms with van der Waals surface area (Å²) in [4.78, 5) is 19.9. The lowest BCUT2D eigenvalue weighted by atomic mass is 9.82. The van der Waals surface area contributed by atoms with E-state index in [1.165, 1.54) is 11.6 Å². The molecule has 1 aromatic carbocycles. The zero-order valence-electron chi connectivity index (χ0n) is 23.8. The number of ether oxygens (including phenoxy) is 1. The van der Waals surface area contributed by atoms with E-state index in [2.05, 4.69) is 43.1 Å². The zero-order chi connectivity index (χ0) is 28.4. The van der Waals surface area contributed by atoms with Crippen molar-refractivity contribution in [2.75, 3.05) is 38.7 Å². The van der Waals surface area contributed by atoms with Gasteiger partial charge < -0.3 is 19.5 Å². The second-order valence-electron chi connectivity index (χ2n) is 10.9. The van der Waals surface area contributed by atoms with E-state index in [0.29, 0.717) is 34.6 Å². The molecule has 1 aliphatic rings.